The summed E-state index contributed by atoms with van der Waals surface area (Å²) in [5, 5.41) is 4.09. The third-order valence-corrected chi connectivity index (χ3v) is 2.93. The number of rotatable bonds is 8. The molecular formula is C15H24ClNO2. The molecule has 0 saturated heterocycles. The third-order valence-electron chi connectivity index (χ3n) is 2.58. The SMILES string of the molecule is CCOc1cc(Cl)c(CNCC(C)C)cc1OCC. The summed E-state index contributed by atoms with van der Waals surface area (Å²) in [4.78, 5) is 0. The van der Waals surface area contributed by atoms with E-state index >= 15 is 0 Å². The van der Waals surface area contributed by atoms with Crippen LogP contribution in [0, 0.1) is 5.92 Å². The second-order valence-electron chi connectivity index (χ2n) is 4.78. The molecule has 19 heavy (non-hydrogen) atoms. The van der Waals surface area contributed by atoms with Crippen LogP contribution in [0.3, 0.4) is 0 Å². The summed E-state index contributed by atoms with van der Waals surface area (Å²) in [6.45, 7) is 11.2. The Kier molecular flexibility index (Phi) is 7.03. The first-order valence-electron chi connectivity index (χ1n) is 6.87. The molecule has 0 bridgehead atoms. The third kappa shape index (κ3) is 5.29. The minimum atomic E-state index is 0.599. The Bertz CT molecular complexity index is 394. The summed E-state index contributed by atoms with van der Waals surface area (Å²) in [6.07, 6.45) is 0. The fourth-order valence-electron chi connectivity index (χ4n) is 1.74. The Morgan fingerprint density at radius 1 is 1.11 bits per heavy atom. The summed E-state index contributed by atoms with van der Waals surface area (Å²) in [6, 6.07) is 3.80. The van der Waals surface area contributed by atoms with E-state index in [0.29, 0.717) is 29.9 Å². The van der Waals surface area contributed by atoms with Crippen LogP contribution in [0.15, 0.2) is 12.1 Å². The van der Waals surface area contributed by atoms with Crippen LogP contribution >= 0.6 is 11.6 Å². The van der Waals surface area contributed by atoms with Crippen LogP contribution < -0.4 is 14.8 Å². The molecule has 108 valence electrons. The first-order chi connectivity index (χ1) is 9.08. The number of benzene rings is 1. The highest BCUT2D eigenvalue weighted by Gasteiger charge is 2.10. The second-order valence-corrected chi connectivity index (χ2v) is 5.19. The van der Waals surface area contributed by atoms with Crippen LogP contribution in [0.2, 0.25) is 5.02 Å². The van der Waals surface area contributed by atoms with E-state index in [1.807, 2.05) is 26.0 Å². The molecule has 1 aromatic carbocycles. The predicted octanol–water partition coefficient (Wildman–Crippen LogP) is 3.88. The lowest BCUT2D eigenvalue weighted by Crippen LogP contribution is -2.19. The normalized spacial score (nSPS) is 10.8. The first kappa shape index (κ1) is 16.1. The van der Waals surface area contributed by atoms with E-state index in [4.69, 9.17) is 21.1 Å². The fraction of sp³-hybridized carbons (Fsp3) is 0.600. The van der Waals surface area contributed by atoms with Gasteiger partial charge in [-0.1, -0.05) is 25.4 Å². The standard InChI is InChI=1S/C15H24ClNO2/c1-5-18-14-7-12(10-17-9-11(3)4)13(16)8-15(14)19-6-2/h7-8,11,17H,5-6,9-10H2,1-4H3. The molecule has 0 atom stereocenters. The van der Waals surface area contributed by atoms with Gasteiger partial charge in [0.05, 0.1) is 13.2 Å². The molecule has 1 N–H and O–H groups in total. The lowest BCUT2D eigenvalue weighted by Gasteiger charge is -2.15. The lowest BCUT2D eigenvalue weighted by atomic mass is 10.1. The molecule has 0 unspecified atom stereocenters. The van der Waals surface area contributed by atoms with Crippen molar-refractivity contribution < 1.29 is 9.47 Å². The first-order valence-corrected chi connectivity index (χ1v) is 7.25. The maximum absolute atomic E-state index is 6.28. The molecule has 1 rings (SSSR count). The van der Waals surface area contributed by atoms with Gasteiger partial charge in [0.15, 0.2) is 11.5 Å². The van der Waals surface area contributed by atoms with Crippen molar-refractivity contribution in [3.63, 3.8) is 0 Å². The summed E-state index contributed by atoms with van der Waals surface area (Å²) in [5.74, 6) is 2.09. The van der Waals surface area contributed by atoms with Gasteiger partial charge in [0.1, 0.15) is 0 Å². The quantitative estimate of drug-likeness (QED) is 0.786. The molecule has 0 amide bonds. The van der Waals surface area contributed by atoms with Gasteiger partial charge in [-0.15, -0.1) is 0 Å². The zero-order chi connectivity index (χ0) is 14.3. The zero-order valence-electron chi connectivity index (χ0n) is 12.3. The van der Waals surface area contributed by atoms with Gasteiger partial charge < -0.3 is 14.8 Å². The summed E-state index contributed by atoms with van der Waals surface area (Å²) in [5.41, 5.74) is 1.04. The van der Waals surface area contributed by atoms with Crippen LogP contribution in [-0.2, 0) is 6.54 Å². The van der Waals surface area contributed by atoms with E-state index in [-0.39, 0.29) is 0 Å². The molecule has 0 aromatic heterocycles. The largest absolute Gasteiger partial charge is 0.490 e. The molecule has 0 saturated carbocycles. The highest BCUT2D eigenvalue weighted by molar-refractivity contribution is 6.31. The molecule has 3 nitrogen and oxygen atoms in total. The zero-order valence-corrected chi connectivity index (χ0v) is 13.0. The Morgan fingerprint density at radius 2 is 1.68 bits per heavy atom. The van der Waals surface area contributed by atoms with Gasteiger partial charge in [0.25, 0.3) is 0 Å². The van der Waals surface area contributed by atoms with Crippen molar-refractivity contribution in [1.82, 2.24) is 5.32 Å². The van der Waals surface area contributed by atoms with Crippen molar-refractivity contribution in [1.29, 1.82) is 0 Å². The maximum atomic E-state index is 6.28. The smallest absolute Gasteiger partial charge is 0.162 e. The average molecular weight is 286 g/mol. The van der Waals surface area contributed by atoms with E-state index in [1.165, 1.54) is 0 Å². The summed E-state index contributed by atoms with van der Waals surface area (Å²) in [7, 11) is 0. The highest BCUT2D eigenvalue weighted by Crippen LogP contribution is 2.33. The van der Waals surface area contributed by atoms with Gasteiger partial charge >= 0.3 is 0 Å². The highest BCUT2D eigenvalue weighted by atomic mass is 35.5. The van der Waals surface area contributed by atoms with Gasteiger partial charge in [0, 0.05) is 17.6 Å². The summed E-state index contributed by atoms with van der Waals surface area (Å²) >= 11 is 6.28. The van der Waals surface area contributed by atoms with Crippen molar-refractivity contribution in [3.05, 3.63) is 22.7 Å². The van der Waals surface area contributed by atoms with Gasteiger partial charge in [-0.2, -0.15) is 0 Å². The van der Waals surface area contributed by atoms with Gasteiger partial charge in [-0.25, -0.2) is 0 Å². The van der Waals surface area contributed by atoms with Crippen molar-refractivity contribution in [2.45, 2.75) is 34.2 Å². The molecule has 0 aliphatic rings. The molecular weight excluding hydrogens is 262 g/mol. The van der Waals surface area contributed by atoms with E-state index < -0.39 is 0 Å². The van der Waals surface area contributed by atoms with Crippen molar-refractivity contribution >= 4 is 11.6 Å². The topological polar surface area (TPSA) is 30.5 Å². The van der Waals surface area contributed by atoms with Crippen LogP contribution in [0.25, 0.3) is 0 Å². The van der Waals surface area contributed by atoms with Crippen LogP contribution in [-0.4, -0.2) is 19.8 Å². The molecule has 0 aliphatic carbocycles. The Hall–Kier alpha value is -0.930. The molecule has 0 aliphatic heterocycles. The minimum Gasteiger partial charge on any atom is -0.490 e. The van der Waals surface area contributed by atoms with Gasteiger partial charge in [-0.05, 0) is 37.9 Å². The van der Waals surface area contributed by atoms with E-state index in [9.17, 15) is 0 Å². The number of nitrogens with one attached hydrogen (secondary N) is 1. The molecule has 0 radical (unpaired) electrons. The Morgan fingerprint density at radius 3 is 2.21 bits per heavy atom. The Labute approximate surface area is 121 Å². The Balaban J connectivity index is 2.83. The van der Waals surface area contributed by atoms with Crippen molar-refractivity contribution in [2.75, 3.05) is 19.8 Å². The second kappa shape index (κ2) is 8.28. The van der Waals surface area contributed by atoms with Crippen molar-refractivity contribution in [3.8, 4) is 11.5 Å². The average Bonchev–Trinajstić information content (AvgIpc) is 2.34. The molecule has 0 fully saturated rings. The minimum absolute atomic E-state index is 0.599. The fourth-order valence-corrected chi connectivity index (χ4v) is 1.97. The van der Waals surface area contributed by atoms with Crippen LogP contribution in [0.4, 0.5) is 0 Å². The predicted molar refractivity (Wildman–Crippen MR) is 80.3 cm³/mol. The van der Waals surface area contributed by atoms with Crippen molar-refractivity contribution in [2.24, 2.45) is 5.92 Å². The molecule has 1 aromatic rings. The molecule has 0 heterocycles. The summed E-state index contributed by atoms with van der Waals surface area (Å²) < 4.78 is 11.1. The van der Waals surface area contributed by atoms with Gasteiger partial charge in [0.2, 0.25) is 0 Å². The lowest BCUT2D eigenvalue weighted by molar-refractivity contribution is 0.287. The van der Waals surface area contributed by atoms with Gasteiger partial charge in [-0.3, -0.25) is 0 Å². The number of hydrogen-bond acceptors (Lipinski definition) is 3. The molecule has 0 spiro atoms. The maximum Gasteiger partial charge on any atom is 0.162 e. The van der Waals surface area contributed by atoms with Crippen LogP contribution in [0.1, 0.15) is 33.3 Å². The van der Waals surface area contributed by atoms with E-state index in [2.05, 4.69) is 19.2 Å². The number of ether oxygens (including phenoxy) is 2. The van der Waals surface area contributed by atoms with E-state index in [0.717, 1.165) is 24.4 Å². The monoisotopic (exact) mass is 285 g/mol. The van der Waals surface area contributed by atoms with E-state index in [1.54, 1.807) is 0 Å². The number of hydrogen-bond donors (Lipinski definition) is 1. The molecule has 4 heteroatoms. The van der Waals surface area contributed by atoms with Crippen LogP contribution in [0.5, 0.6) is 11.5 Å². The number of halogens is 1.